The van der Waals surface area contributed by atoms with E-state index < -0.39 is 0 Å². The van der Waals surface area contributed by atoms with Gasteiger partial charge in [0.05, 0.1) is 23.8 Å². The summed E-state index contributed by atoms with van der Waals surface area (Å²) in [6.07, 6.45) is 0. The Kier molecular flexibility index (Phi) is 3.78. The number of hydrogen-bond acceptors (Lipinski definition) is 4. The van der Waals surface area contributed by atoms with Gasteiger partial charge in [-0.05, 0) is 0 Å². The normalized spacial score (nSPS) is 24.0. The van der Waals surface area contributed by atoms with E-state index in [4.69, 9.17) is 9.47 Å². The zero-order valence-electron chi connectivity index (χ0n) is 4.46. The maximum absolute atomic E-state index is 5.12. The van der Waals surface area contributed by atoms with Crippen molar-refractivity contribution in [3.05, 3.63) is 0 Å². The number of rotatable bonds is 0. The molecule has 8 heavy (non-hydrogen) atoms. The highest BCUT2D eigenvalue weighted by atomic mass is 32.2. The molecule has 0 aromatic heterocycles. The first-order valence-corrected chi connectivity index (χ1v) is 4.62. The third kappa shape index (κ3) is 2.81. The lowest BCUT2D eigenvalue weighted by Gasteiger charge is -2.08. The van der Waals surface area contributed by atoms with E-state index in [1.807, 2.05) is 0 Å². The maximum atomic E-state index is 5.12. The standard InChI is InChI=1S/C4H8O2S2/c1-5-2-8-4-6-3-7-1/h1-4H2. The van der Waals surface area contributed by atoms with Crippen LogP contribution in [0, 0.1) is 0 Å². The molecular weight excluding hydrogens is 144 g/mol. The van der Waals surface area contributed by atoms with Crippen LogP contribution < -0.4 is 0 Å². The van der Waals surface area contributed by atoms with E-state index in [2.05, 4.69) is 0 Å². The van der Waals surface area contributed by atoms with Crippen molar-refractivity contribution in [1.82, 2.24) is 0 Å². The van der Waals surface area contributed by atoms with Gasteiger partial charge in [0, 0.05) is 0 Å². The summed E-state index contributed by atoms with van der Waals surface area (Å²) in [6, 6.07) is 0. The maximum Gasteiger partial charge on any atom is 0.0954 e. The van der Waals surface area contributed by atoms with Crippen molar-refractivity contribution in [2.24, 2.45) is 0 Å². The highest BCUT2D eigenvalue weighted by molar-refractivity contribution is 8.00. The van der Waals surface area contributed by atoms with Crippen LogP contribution in [0.1, 0.15) is 0 Å². The molecule has 0 aliphatic carbocycles. The molecule has 4 heteroatoms. The first-order valence-electron chi connectivity index (χ1n) is 2.31. The molecule has 0 aromatic carbocycles. The molecule has 0 unspecified atom stereocenters. The van der Waals surface area contributed by atoms with E-state index in [-0.39, 0.29) is 0 Å². The minimum absolute atomic E-state index is 0.771. The SMILES string of the molecule is C1OCSCOCS1. The molecule has 1 aliphatic heterocycles. The van der Waals surface area contributed by atoms with Crippen LogP contribution in [0.3, 0.4) is 0 Å². The van der Waals surface area contributed by atoms with E-state index in [1.165, 1.54) is 0 Å². The third-order valence-corrected chi connectivity index (χ3v) is 2.00. The number of thioether (sulfide) groups is 2. The average Bonchev–Trinajstić information content (AvgIpc) is 1.62. The van der Waals surface area contributed by atoms with Gasteiger partial charge in [0.2, 0.25) is 0 Å². The van der Waals surface area contributed by atoms with Gasteiger partial charge in [-0.3, -0.25) is 0 Å². The van der Waals surface area contributed by atoms with Gasteiger partial charge in [-0.2, -0.15) is 0 Å². The second-order valence-electron chi connectivity index (χ2n) is 1.29. The second-order valence-corrected chi connectivity index (χ2v) is 3.05. The second kappa shape index (κ2) is 4.49. The molecule has 2 nitrogen and oxygen atoms in total. The molecule has 48 valence electrons. The summed E-state index contributed by atoms with van der Waals surface area (Å²) in [5.41, 5.74) is 0. The first kappa shape index (κ1) is 6.74. The van der Waals surface area contributed by atoms with Crippen LogP contribution in [0.5, 0.6) is 0 Å². The van der Waals surface area contributed by atoms with E-state index in [0.29, 0.717) is 0 Å². The fourth-order valence-corrected chi connectivity index (χ4v) is 1.52. The summed E-state index contributed by atoms with van der Waals surface area (Å²) in [4.78, 5) is 0. The lowest BCUT2D eigenvalue weighted by atomic mass is 11.5. The zero-order valence-corrected chi connectivity index (χ0v) is 6.09. The van der Waals surface area contributed by atoms with Crippen molar-refractivity contribution in [2.75, 3.05) is 23.8 Å². The van der Waals surface area contributed by atoms with Gasteiger partial charge in [0.15, 0.2) is 0 Å². The Balaban J connectivity index is 2.00. The van der Waals surface area contributed by atoms with Crippen molar-refractivity contribution >= 4 is 23.5 Å². The summed E-state index contributed by atoms with van der Waals surface area (Å²) < 4.78 is 10.2. The van der Waals surface area contributed by atoms with Crippen molar-refractivity contribution in [3.8, 4) is 0 Å². The quantitative estimate of drug-likeness (QED) is 0.521. The van der Waals surface area contributed by atoms with Crippen molar-refractivity contribution in [3.63, 3.8) is 0 Å². The summed E-state index contributed by atoms with van der Waals surface area (Å²) >= 11 is 3.34. The van der Waals surface area contributed by atoms with Gasteiger partial charge in [-0.1, -0.05) is 0 Å². The van der Waals surface area contributed by atoms with E-state index in [1.54, 1.807) is 23.5 Å². The molecule has 0 bridgehead atoms. The summed E-state index contributed by atoms with van der Waals surface area (Å²) in [5, 5.41) is 0. The van der Waals surface area contributed by atoms with E-state index in [9.17, 15) is 0 Å². The summed E-state index contributed by atoms with van der Waals surface area (Å²) in [7, 11) is 0. The molecule has 0 saturated carbocycles. The Hall–Kier alpha value is 0.620. The molecule has 1 heterocycles. The van der Waals surface area contributed by atoms with Gasteiger partial charge >= 0.3 is 0 Å². The van der Waals surface area contributed by atoms with Crippen LogP contribution in [0.4, 0.5) is 0 Å². The Morgan fingerprint density at radius 2 is 1.12 bits per heavy atom. The van der Waals surface area contributed by atoms with Crippen LogP contribution >= 0.6 is 23.5 Å². The van der Waals surface area contributed by atoms with Crippen molar-refractivity contribution in [1.29, 1.82) is 0 Å². The fourth-order valence-electron chi connectivity index (χ4n) is 0.372. The highest BCUT2D eigenvalue weighted by Crippen LogP contribution is 2.10. The molecule has 1 aliphatic rings. The molecule has 1 fully saturated rings. The van der Waals surface area contributed by atoms with Gasteiger partial charge in [-0.25, -0.2) is 0 Å². The van der Waals surface area contributed by atoms with Gasteiger partial charge in [0.25, 0.3) is 0 Å². The van der Waals surface area contributed by atoms with Gasteiger partial charge in [0.1, 0.15) is 0 Å². The predicted molar refractivity (Wildman–Crippen MR) is 36.8 cm³/mol. The Morgan fingerprint density at radius 1 is 0.750 bits per heavy atom. The minimum Gasteiger partial charge on any atom is -0.360 e. The number of hydrogen-bond donors (Lipinski definition) is 0. The third-order valence-electron chi connectivity index (χ3n) is 0.667. The largest absolute Gasteiger partial charge is 0.360 e. The summed E-state index contributed by atoms with van der Waals surface area (Å²) in [6.45, 7) is 0. The molecule has 1 rings (SSSR count). The van der Waals surface area contributed by atoms with E-state index >= 15 is 0 Å². The zero-order chi connectivity index (χ0) is 5.66. The smallest absolute Gasteiger partial charge is 0.0954 e. The lowest BCUT2D eigenvalue weighted by Crippen LogP contribution is -2.00. The van der Waals surface area contributed by atoms with Crippen molar-refractivity contribution < 1.29 is 9.47 Å². The lowest BCUT2D eigenvalue weighted by molar-refractivity contribution is 0.207. The predicted octanol–water partition coefficient (Wildman–Crippen LogP) is 1.33. The average molecular weight is 152 g/mol. The molecule has 0 spiro atoms. The number of ether oxygens (including phenoxy) is 2. The Labute approximate surface area is 57.3 Å². The van der Waals surface area contributed by atoms with Crippen LogP contribution in [0.15, 0.2) is 0 Å². The molecular formula is C4H8O2S2. The van der Waals surface area contributed by atoms with Crippen molar-refractivity contribution in [2.45, 2.75) is 0 Å². The monoisotopic (exact) mass is 152 g/mol. The van der Waals surface area contributed by atoms with Crippen LogP contribution in [0.25, 0.3) is 0 Å². The first-order chi connectivity index (χ1) is 4.00. The highest BCUT2D eigenvalue weighted by Gasteiger charge is 1.95. The molecule has 0 N–H and O–H groups in total. The minimum atomic E-state index is 0.771. The van der Waals surface area contributed by atoms with Gasteiger partial charge < -0.3 is 9.47 Å². The topological polar surface area (TPSA) is 18.5 Å². The van der Waals surface area contributed by atoms with Gasteiger partial charge in [-0.15, -0.1) is 23.5 Å². The van der Waals surface area contributed by atoms with Crippen LogP contribution in [-0.4, -0.2) is 23.8 Å². The summed E-state index contributed by atoms with van der Waals surface area (Å²) in [5.74, 6) is 3.08. The van der Waals surface area contributed by atoms with E-state index in [0.717, 1.165) is 23.8 Å². The fraction of sp³-hybridized carbons (Fsp3) is 1.00. The molecule has 0 atom stereocenters. The molecule has 1 saturated heterocycles. The van der Waals surface area contributed by atoms with Crippen LogP contribution in [-0.2, 0) is 9.47 Å². The Morgan fingerprint density at radius 3 is 1.50 bits per heavy atom. The van der Waals surface area contributed by atoms with Crippen LogP contribution in [0.2, 0.25) is 0 Å². The molecule has 0 aromatic rings. The molecule has 0 radical (unpaired) electrons. The molecule has 0 amide bonds. The Bertz CT molecular complexity index is 36.0.